The Morgan fingerprint density at radius 1 is 0.897 bits per heavy atom. The molecule has 3 aromatic rings. The van der Waals surface area contributed by atoms with Gasteiger partial charge in [0.1, 0.15) is 0 Å². The van der Waals surface area contributed by atoms with Crippen molar-refractivity contribution in [2.75, 3.05) is 22.5 Å². The van der Waals surface area contributed by atoms with Gasteiger partial charge in [-0.05, 0) is 55.0 Å². The second kappa shape index (κ2) is 9.20. The van der Waals surface area contributed by atoms with E-state index < -0.39 is 0 Å². The number of nitriles is 1. The standard InChI is InChI=1S/C23H20N4O2/c1-16-20(25-15-22(28)26-19-10-5-7-17(13-19)14-24)11-6-12-21(16)27-23(29)18-8-3-2-4-9-18/h2-13,25H,15H2,1H3,(H,26,28)(H,27,29). The van der Waals surface area contributed by atoms with Gasteiger partial charge in [-0.15, -0.1) is 0 Å². The quantitative estimate of drug-likeness (QED) is 0.594. The van der Waals surface area contributed by atoms with Gasteiger partial charge in [0.15, 0.2) is 0 Å². The van der Waals surface area contributed by atoms with Gasteiger partial charge < -0.3 is 16.0 Å². The summed E-state index contributed by atoms with van der Waals surface area (Å²) in [6.45, 7) is 1.92. The molecule has 6 heteroatoms. The van der Waals surface area contributed by atoms with E-state index in [0.29, 0.717) is 22.5 Å². The number of hydrogen-bond donors (Lipinski definition) is 3. The van der Waals surface area contributed by atoms with Crippen LogP contribution in [0.2, 0.25) is 0 Å². The topological polar surface area (TPSA) is 94.0 Å². The van der Waals surface area contributed by atoms with Gasteiger partial charge in [0, 0.05) is 22.6 Å². The number of benzene rings is 3. The molecule has 0 bridgehead atoms. The smallest absolute Gasteiger partial charge is 0.255 e. The van der Waals surface area contributed by atoms with Gasteiger partial charge in [0.2, 0.25) is 5.91 Å². The molecule has 0 aliphatic heterocycles. The van der Waals surface area contributed by atoms with Crippen LogP contribution < -0.4 is 16.0 Å². The molecule has 0 aromatic heterocycles. The Labute approximate surface area is 169 Å². The minimum absolute atomic E-state index is 0.0493. The van der Waals surface area contributed by atoms with Crippen LogP contribution >= 0.6 is 0 Å². The maximum atomic E-state index is 12.4. The van der Waals surface area contributed by atoms with Gasteiger partial charge in [-0.1, -0.05) is 30.3 Å². The molecule has 6 nitrogen and oxygen atoms in total. The molecule has 29 heavy (non-hydrogen) atoms. The number of amides is 2. The normalized spacial score (nSPS) is 9.93. The summed E-state index contributed by atoms with van der Waals surface area (Å²) in [5.74, 6) is -0.431. The lowest BCUT2D eigenvalue weighted by atomic mass is 10.1. The predicted molar refractivity (Wildman–Crippen MR) is 114 cm³/mol. The number of carbonyl (C=O) groups excluding carboxylic acids is 2. The van der Waals surface area contributed by atoms with Crippen molar-refractivity contribution in [3.8, 4) is 6.07 Å². The van der Waals surface area contributed by atoms with Crippen molar-refractivity contribution in [1.82, 2.24) is 0 Å². The highest BCUT2D eigenvalue weighted by molar-refractivity contribution is 6.05. The second-order valence-electron chi connectivity index (χ2n) is 6.39. The van der Waals surface area contributed by atoms with E-state index in [1.807, 2.05) is 49.4 Å². The second-order valence-corrected chi connectivity index (χ2v) is 6.39. The molecule has 3 aromatic carbocycles. The molecule has 0 fully saturated rings. The van der Waals surface area contributed by atoms with Crippen LogP contribution in [-0.2, 0) is 4.79 Å². The first kappa shape index (κ1) is 19.6. The third kappa shape index (κ3) is 5.21. The van der Waals surface area contributed by atoms with Crippen LogP contribution in [-0.4, -0.2) is 18.4 Å². The Morgan fingerprint density at radius 2 is 1.62 bits per heavy atom. The van der Waals surface area contributed by atoms with E-state index in [1.54, 1.807) is 36.4 Å². The van der Waals surface area contributed by atoms with Crippen molar-refractivity contribution in [3.05, 3.63) is 89.5 Å². The van der Waals surface area contributed by atoms with Crippen LogP contribution in [0.3, 0.4) is 0 Å². The highest BCUT2D eigenvalue weighted by Crippen LogP contribution is 2.24. The molecule has 0 unspecified atom stereocenters. The molecule has 0 aliphatic rings. The Balaban J connectivity index is 1.63. The predicted octanol–water partition coefficient (Wildman–Crippen LogP) is 4.17. The molecule has 0 saturated carbocycles. The number of rotatable bonds is 6. The van der Waals surface area contributed by atoms with Crippen LogP contribution in [0, 0.1) is 18.3 Å². The summed E-state index contributed by atoms with van der Waals surface area (Å²) >= 11 is 0. The number of nitrogens with one attached hydrogen (secondary N) is 3. The monoisotopic (exact) mass is 384 g/mol. The highest BCUT2D eigenvalue weighted by Gasteiger charge is 2.10. The Kier molecular flexibility index (Phi) is 6.23. The number of nitrogens with zero attached hydrogens (tertiary/aromatic N) is 1. The molecule has 0 spiro atoms. The zero-order valence-electron chi connectivity index (χ0n) is 15.9. The summed E-state index contributed by atoms with van der Waals surface area (Å²) in [6, 6.07) is 23.2. The fourth-order valence-electron chi connectivity index (χ4n) is 2.79. The zero-order valence-corrected chi connectivity index (χ0v) is 15.9. The molecule has 0 heterocycles. The Hall–Kier alpha value is -4.11. The lowest BCUT2D eigenvalue weighted by molar-refractivity contribution is -0.114. The van der Waals surface area contributed by atoms with E-state index in [9.17, 15) is 9.59 Å². The first-order valence-electron chi connectivity index (χ1n) is 9.07. The average molecular weight is 384 g/mol. The molecule has 144 valence electrons. The van der Waals surface area contributed by atoms with Gasteiger partial charge in [-0.25, -0.2) is 0 Å². The highest BCUT2D eigenvalue weighted by atomic mass is 16.2. The van der Waals surface area contributed by atoms with Crippen molar-refractivity contribution in [2.45, 2.75) is 6.92 Å². The number of hydrogen-bond acceptors (Lipinski definition) is 4. The van der Waals surface area contributed by atoms with Gasteiger partial charge in [0.25, 0.3) is 5.91 Å². The molecule has 0 saturated heterocycles. The van der Waals surface area contributed by atoms with Crippen LogP contribution in [0.15, 0.2) is 72.8 Å². The van der Waals surface area contributed by atoms with E-state index in [1.165, 1.54) is 0 Å². The first-order chi connectivity index (χ1) is 14.1. The maximum Gasteiger partial charge on any atom is 0.255 e. The third-order valence-corrected chi connectivity index (χ3v) is 4.33. The molecule has 2 amide bonds. The van der Waals surface area contributed by atoms with E-state index >= 15 is 0 Å². The van der Waals surface area contributed by atoms with Crippen molar-refractivity contribution < 1.29 is 9.59 Å². The zero-order chi connectivity index (χ0) is 20.6. The fraction of sp³-hybridized carbons (Fsp3) is 0.0870. The summed E-state index contributed by atoms with van der Waals surface area (Å²) in [6.07, 6.45) is 0. The van der Waals surface area contributed by atoms with Crippen molar-refractivity contribution in [3.63, 3.8) is 0 Å². The van der Waals surface area contributed by atoms with Crippen molar-refractivity contribution in [2.24, 2.45) is 0 Å². The van der Waals surface area contributed by atoms with Gasteiger partial charge in [-0.2, -0.15) is 5.26 Å². The Bertz CT molecular complexity index is 1070. The summed E-state index contributed by atoms with van der Waals surface area (Å²) in [4.78, 5) is 24.6. The fourth-order valence-corrected chi connectivity index (χ4v) is 2.79. The molecule has 3 rings (SSSR count). The van der Waals surface area contributed by atoms with Crippen molar-refractivity contribution in [1.29, 1.82) is 5.26 Å². The molecule has 0 atom stereocenters. The van der Waals surface area contributed by atoms with Gasteiger partial charge in [0.05, 0.1) is 18.2 Å². The van der Waals surface area contributed by atoms with Crippen LogP contribution in [0.5, 0.6) is 0 Å². The van der Waals surface area contributed by atoms with Crippen LogP contribution in [0.4, 0.5) is 17.1 Å². The largest absolute Gasteiger partial charge is 0.376 e. The summed E-state index contributed by atoms with van der Waals surface area (Å²) in [7, 11) is 0. The van der Waals surface area contributed by atoms with Gasteiger partial charge >= 0.3 is 0 Å². The number of anilines is 3. The summed E-state index contributed by atoms with van der Waals surface area (Å²) in [5.41, 5.74) is 3.87. The van der Waals surface area contributed by atoms with Crippen LogP contribution in [0.1, 0.15) is 21.5 Å². The van der Waals surface area contributed by atoms with E-state index in [-0.39, 0.29) is 18.4 Å². The molecular weight excluding hydrogens is 364 g/mol. The summed E-state index contributed by atoms with van der Waals surface area (Å²) in [5, 5.41) is 17.7. The molecule has 0 radical (unpaired) electrons. The molecule has 3 N–H and O–H groups in total. The van der Waals surface area contributed by atoms with E-state index in [4.69, 9.17) is 5.26 Å². The maximum absolute atomic E-state index is 12.4. The minimum Gasteiger partial charge on any atom is -0.376 e. The lowest BCUT2D eigenvalue weighted by Crippen LogP contribution is -2.22. The summed E-state index contributed by atoms with van der Waals surface area (Å²) < 4.78 is 0. The Morgan fingerprint density at radius 3 is 2.38 bits per heavy atom. The minimum atomic E-state index is -0.238. The third-order valence-electron chi connectivity index (χ3n) is 4.33. The average Bonchev–Trinajstić information content (AvgIpc) is 2.75. The number of carbonyl (C=O) groups is 2. The lowest BCUT2D eigenvalue weighted by Gasteiger charge is -2.14. The SMILES string of the molecule is Cc1c(NCC(=O)Nc2cccc(C#N)c2)cccc1NC(=O)c1ccccc1. The van der Waals surface area contributed by atoms with E-state index in [2.05, 4.69) is 16.0 Å². The van der Waals surface area contributed by atoms with Gasteiger partial charge in [-0.3, -0.25) is 9.59 Å². The van der Waals surface area contributed by atoms with E-state index in [0.717, 1.165) is 11.3 Å². The molecule has 0 aliphatic carbocycles. The van der Waals surface area contributed by atoms with Crippen molar-refractivity contribution >= 4 is 28.9 Å². The molecular formula is C23H20N4O2. The first-order valence-corrected chi connectivity index (χ1v) is 9.07. The van der Waals surface area contributed by atoms with Crippen LogP contribution in [0.25, 0.3) is 0 Å².